The first kappa shape index (κ1) is 23.8. The van der Waals surface area contributed by atoms with Crippen molar-refractivity contribution in [2.24, 2.45) is 0 Å². The fraction of sp³-hybridized carbons (Fsp3) is 0.280. The number of nitrogens with zero attached hydrogens (tertiary/aromatic N) is 3. The molecule has 1 aromatic heterocycles. The molecule has 1 N–H and O–H groups in total. The third kappa shape index (κ3) is 5.10. The van der Waals surface area contributed by atoms with Crippen LogP contribution in [0.3, 0.4) is 0 Å². The van der Waals surface area contributed by atoms with Gasteiger partial charge in [-0.3, -0.25) is 4.79 Å². The molecule has 34 heavy (non-hydrogen) atoms. The second kappa shape index (κ2) is 9.90. The van der Waals surface area contributed by atoms with Crippen molar-refractivity contribution < 1.29 is 17.6 Å². The quantitative estimate of drug-likeness (QED) is 0.558. The van der Waals surface area contributed by atoms with Gasteiger partial charge >= 0.3 is 0 Å². The number of aromatic nitrogens is 1. The van der Waals surface area contributed by atoms with Crippen molar-refractivity contribution >= 4 is 21.7 Å². The Hall–Kier alpha value is -3.30. The molecule has 0 spiro atoms. The molecule has 3 aromatic rings. The van der Waals surface area contributed by atoms with E-state index in [4.69, 9.17) is 0 Å². The molecular formula is C25H27FN4O3S. The molecule has 1 amide bonds. The highest BCUT2D eigenvalue weighted by molar-refractivity contribution is 7.89. The van der Waals surface area contributed by atoms with E-state index in [1.807, 2.05) is 61.6 Å². The van der Waals surface area contributed by atoms with Crippen molar-refractivity contribution in [1.29, 1.82) is 0 Å². The Labute approximate surface area is 199 Å². The molecule has 4 rings (SSSR count). The zero-order chi connectivity index (χ0) is 24.3. The van der Waals surface area contributed by atoms with E-state index < -0.39 is 21.9 Å². The van der Waals surface area contributed by atoms with Crippen molar-refractivity contribution in [3.05, 3.63) is 78.2 Å². The summed E-state index contributed by atoms with van der Waals surface area (Å²) in [5.41, 5.74) is 2.84. The van der Waals surface area contributed by atoms with E-state index in [0.29, 0.717) is 12.8 Å². The van der Waals surface area contributed by atoms with Gasteiger partial charge in [0.25, 0.3) is 0 Å². The molecule has 178 valence electrons. The lowest BCUT2D eigenvalue weighted by Crippen LogP contribution is -2.45. The SMILES string of the molecule is CN(C)c1ccc(-c2cccc(CNC(=O)[C@@H]3CCCN3S(=O)(=O)c3ccc(F)cc3)c2)cn1. The van der Waals surface area contributed by atoms with E-state index in [2.05, 4.69) is 10.3 Å². The zero-order valence-electron chi connectivity index (χ0n) is 19.1. The number of carbonyl (C=O) groups is 1. The van der Waals surface area contributed by atoms with Crippen molar-refractivity contribution in [3.8, 4) is 11.1 Å². The monoisotopic (exact) mass is 482 g/mol. The fourth-order valence-electron chi connectivity index (χ4n) is 4.02. The molecule has 1 saturated heterocycles. The Morgan fingerprint density at radius 1 is 1.12 bits per heavy atom. The van der Waals surface area contributed by atoms with Crippen LogP contribution >= 0.6 is 0 Å². The van der Waals surface area contributed by atoms with Crippen LogP contribution in [0.2, 0.25) is 0 Å². The summed E-state index contributed by atoms with van der Waals surface area (Å²) in [5, 5.41) is 2.88. The van der Waals surface area contributed by atoms with Crippen LogP contribution in [0.25, 0.3) is 11.1 Å². The number of carbonyl (C=O) groups excluding carboxylic acids is 1. The van der Waals surface area contributed by atoms with Gasteiger partial charge in [-0.05, 0) is 66.4 Å². The smallest absolute Gasteiger partial charge is 0.243 e. The summed E-state index contributed by atoms with van der Waals surface area (Å²) in [6.07, 6.45) is 2.84. The van der Waals surface area contributed by atoms with Crippen LogP contribution in [0.5, 0.6) is 0 Å². The second-order valence-corrected chi connectivity index (χ2v) is 10.3. The maximum absolute atomic E-state index is 13.2. The normalized spacial score (nSPS) is 16.4. The predicted molar refractivity (Wildman–Crippen MR) is 129 cm³/mol. The summed E-state index contributed by atoms with van der Waals surface area (Å²) in [6, 6.07) is 15.6. The van der Waals surface area contributed by atoms with Gasteiger partial charge in [-0.1, -0.05) is 18.2 Å². The summed E-state index contributed by atoms with van der Waals surface area (Å²) in [7, 11) is -0.0252. The zero-order valence-corrected chi connectivity index (χ0v) is 19.9. The van der Waals surface area contributed by atoms with Gasteiger partial charge in [0.1, 0.15) is 17.7 Å². The van der Waals surface area contributed by atoms with Gasteiger partial charge in [0, 0.05) is 38.9 Å². The molecule has 0 saturated carbocycles. The van der Waals surface area contributed by atoms with Crippen LogP contribution in [-0.4, -0.2) is 50.3 Å². The van der Waals surface area contributed by atoms with Crippen molar-refractivity contribution in [1.82, 2.24) is 14.6 Å². The first-order valence-corrected chi connectivity index (χ1v) is 12.5. The van der Waals surface area contributed by atoms with Crippen molar-refractivity contribution in [2.45, 2.75) is 30.3 Å². The largest absolute Gasteiger partial charge is 0.363 e. The maximum Gasteiger partial charge on any atom is 0.243 e. The van der Waals surface area contributed by atoms with Crippen LogP contribution in [0, 0.1) is 5.82 Å². The molecule has 0 radical (unpaired) electrons. The molecular weight excluding hydrogens is 455 g/mol. The highest BCUT2D eigenvalue weighted by Crippen LogP contribution is 2.27. The molecule has 7 nitrogen and oxygen atoms in total. The van der Waals surface area contributed by atoms with E-state index in [0.717, 1.165) is 34.6 Å². The summed E-state index contributed by atoms with van der Waals surface area (Å²) >= 11 is 0. The van der Waals surface area contributed by atoms with Gasteiger partial charge < -0.3 is 10.2 Å². The molecule has 0 bridgehead atoms. The number of nitrogens with one attached hydrogen (secondary N) is 1. The summed E-state index contributed by atoms with van der Waals surface area (Å²) < 4.78 is 40.5. The van der Waals surface area contributed by atoms with Crippen LogP contribution in [-0.2, 0) is 21.4 Å². The Balaban J connectivity index is 1.44. The van der Waals surface area contributed by atoms with E-state index >= 15 is 0 Å². The lowest BCUT2D eigenvalue weighted by Gasteiger charge is -2.23. The van der Waals surface area contributed by atoms with Gasteiger partial charge in [-0.25, -0.2) is 17.8 Å². The number of benzene rings is 2. The molecule has 2 heterocycles. The first-order chi connectivity index (χ1) is 16.3. The molecule has 0 aliphatic carbocycles. The number of anilines is 1. The molecule has 1 fully saturated rings. The number of hydrogen-bond acceptors (Lipinski definition) is 5. The molecule has 1 atom stereocenters. The summed E-state index contributed by atoms with van der Waals surface area (Å²) in [4.78, 5) is 19.3. The Morgan fingerprint density at radius 3 is 2.56 bits per heavy atom. The molecule has 1 aliphatic rings. The van der Waals surface area contributed by atoms with Gasteiger partial charge in [0.2, 0.25) is 15.9 Å². The highest BCUT2D eigenvalue weighted by Gasteiger charge is 2.39. The van der Waals surface area contributed by atoms with Crippen LogP contribution in [0.4, 0.5) is 10.2 Å². The average molecular weight is 483 g/mol. The van der Waals surface area contributed by atoms with Gasteiger partial charge in [0.15, 0.2) is 0 Å². The molecule has 0 unspecified atom stereocenters. The number of pyridine rings is 1. The van der Waals surface area contributed by atoms with Crippen LogP contribution < -0.4 is 10.2 Å². The number of amides is 1. The topological polar surface area (TPSA) is 82.6 Å². The minimum atomic E-state index is -3.89. The predicted octanol–water partition coefficient (Wildman–Crippen LogP) is 3.42. The first-order valence-electron chi connectivity index (χ1n) is 11.0. The van der Waals surface area contributed by atoms with E-state index in [-0.39, 0.29) is 23.9 Å². The molecule has 1 aliphatic heterocycles. The average Bonchev–Trinajstić information content (AvgIpc) is 3.34. The Morgan fingerprint density at radius 2 is 1.88 bits per heavy atom. The lowest BCUT2D eigenvalue weighted by atomic mass is 10.0. The Kier molecular flexibility index (Phi) is 6.95. The van der Waals surface area contributed by atoms with E-state index in [9.17, 15) is 17.6 Å². The van der Waals surface area contributed by atoms with E-state index in [1.54, 1.807) is 0 Å². The number of hydrogen-bond donors (Lipinski definition) is 1. The number of sulfonamides is 1. The summed E-state index contributed by atoms with van der Waals surface area (Å²) in [6.45, 7) is 0.528. The van der Waals surface area contributed by atoms with Crippen LogP contribution in [0.15, 0.2) is 71.8 Å². The lowest BCUT2D eigenvalue weighted by molar-refractivity contribution is -0.124. The minimum absolute atomic E-state index is 0.0183. The second-order valence-electron chi connectivity index (χ2n) is 8.45. The van der Waals surface area contributed by atoms with Gasteiger partial charge in [-0.2, -0.15) is 4.31 Å². The maximum atomic E-state index is 13.2. The van der Waals surface area contributed by atoms with Gasteiger partial charge in [0.05, 0.1) is 4.90 Å². The van der Waals surface area contributed by atoms with Crippen LogP contribution in [0.1, 0.15) is 18.4 Å². The third-order valence-corrected chi connectivity index (χ3v) is 7.78. The Bertz CT molecular complexity index is 1260. The highest BCUT2D eigenvalue weighted by atomic mass is 32.2. The standard InChI is InChI=1S/C25H27FN4O3S/c1-29(2)24-13-8-20(17-27-24)19-6-3-5-18(15-19)16-28-25(31)23-7-4-14-30(23)34(32,33)22-11-9-21(26)10-12-22/h3,5-6,8-13,15,17,23H,4,7,14,16H2,1-2H3,(H,28,31)/t23-/m0/s1. The summed E-state index contributed by atoms with van der Waals surface area (Å²) in [5.74, 6) is 0.00999. The third-order valence-electron chi connectivity index (χ3n) is 5.86. The fourth-order valence-corrected chi connectivity index (χ4v) is 5.68. The number of halogens is 1. The number of rotatable bonds is 7. The minimum Gasteiger partial charge on any atom is -0.363 e. The van der Waals surface area contributed by atoms with Gasteiger partial charge in [-0.15, -0.1) is 0 Å². The van der Waals surface area contributed by atoms with Crippen molar-refractivity contribution in [2.75, 3.05) is 25.5 Å². The van der Waals surface area contributed by atoms with E-state index in [1.165, 1.54) is 16.4 Å². The molecule has 2 aromatic carbocycles. The van der Waals surface area contributed by atoms with Crippen molar-refractivity contribution in [3.63, 3.8) is 0 Å². The molecule has 9 heteroatoms.